The van der Waals surface area contributed by atoms with Gasteiger partial charge in [0.2, 0.25) is 0 Å². The highest BCUT2D eigenvalue weighted by molar-refractivity contribution is 5.93. The second-order valence-electron chi connectivity index (χ2n) is 8.20. The van der Waals surface area contributed by atoms with E-state index in [4.69, 9.17) is 0 Å². The third-order valence-corrected chi connectivity index (χ3v) is 6.12. The van der Waals surface area contributed by atoms with E-state index in [1.165, 1.54) is 21.9 Å². The number of hydrogen-bond donors (Lipinski definition) is 2. The maximum atomic E-state index is 12.4. The highest BCUT2D eigenvalue weighted by Crippen LogP contribution is 2.27. The summed E-state index contributed by atoms with van der Waals surface area (Å²) in [5, 5.41) is 9.36. The van der Waals surface area contributed by atoms with Crippen LogP contribution in [0.2, 0.25) is 0 Å². The molecule has 0 saturated heterocycles. The van der Waals surface area contributed by atoms with Crippen molar-refractivity contribution in [1.82, 2.24) is 20.6 Å². The second kappa shape index (κ2) is 10.1. The van der Waals surface area contributed by atoms with Crippen molar-refractivity contribution in [1.29, 1.82) is 0 Å². The van der Waals surface area contributed by atoms with Gasteiger partial charge in [-0.25, -0.2) is 4.98 Å². The normalized spacial score (nSPS) is 15.2. The molecule has 32 heavy (non-hydrogen) atoms. The average molecular weight is 447 g/mol. The molecular weight excluding hydrogens is 420 g/mol. The lowest BCUT2D eigenvalue weighted by atomic mass is 9.89. The lowest BCUT2D eigenvalue weighted by Crippen LogP contribution is -2.35. The van der Waals surface area contributed by atoms with Gasteiger partial charge in [0.15, 0.2) is 0 Å². The quantitative estimate of drug-likeness (QED) is 0.417. The van der Waals surface area contributed by atoms with E-state index in [2.05, 4.69) is 57.0 Å². The van der Waals surface area contributed by atoms with Gasteiger partial charge in [-0.15, -0.1) is 12.4 Å². The smallest absolute Gasteiger partial charge is 0.271 e. The minimum Gasteiger partial charge on any atom is -0.351 e. The Kier molecular flexibility index (Phi) is 6.98. The maximum absolute atomic E-state index is 12.4. The third-order valence-electron chi connectivity index (χ3n) is 6.12. The van der Waals surface area contributed by atoms with Crippen molar-refractivity contribution in [3.05, 3.63) is 83.7 Å². The Labute approximate surface area is 194 Å². The molecule has 2 N–H and O–H groups in total. The summed E-state index contributed by atoms with van der Waals surface area (Å²) in [6, 6.07) is 21.2. The summed E-state index contributed by atoms with van der Waals surface area (Å²) in [4.78, 5) is 21.1. The van der Waals surface area contributed by atoms with Gasteiger partial charge < -0.3 is 10.6 Å². The number of fused-ring (bicyclic) bond motifs is 4. The first-order chi connectivity index (χ1) is 15.3. The number of unbranched alkanes of at least 4 members (excludes halogenated alkanes) is 1. The first kappa shape index (κ1) is 22.2. The number of carbonyl (C=O) groups excluding carboxylic acids is 1. The first-order valence-electron chi connectivity index (χ1n) is 11.0. The molecule has 5 nitrogen and oxygen atoms in total. The summed E-state index contributed by atoms with van der Waals surface area (Å²) in [5.74, 6) is -0.158. The number of carbonyl (C=O) groups is 1. The fourth-order valence-corrected chi connectivity index (χ4v) is 4.44. The lowest BCUT2D eigenvalue weighted by molar-refractivity contribution is 0.0948. The zero-order valence-electron chi connectivity index (χ0n) is 17.9. The SMILES string of the molecule is Cl.O=C(NCCCCC1Cc2c(ccc3ccccc23)CN1)c1cnc2ccccc2n1. The molecular formula is C26H27ClN4O. The number of nitrogens with zero attached hydrogens (tertiary/aromatic N) is 2. The number of benzene rings is 3. The van der Waals surface area contributed by atoms with Gasteiger partial charge in [-0.3, -0.25) is 9.78 Å². The van der Waals surface area contributed by atoms with Gasteiger partial charge in [0.25, 0.3) is 5.91 Å². The number of aromatic nitrogens is 2. The monoisotopic (exact) mass is 446 g/mol. The van der Waals surface area contributed by atoms with Crippen LogP contribution in [0, 0.1) is 0 Å². The maximum Gasteiger partial charge on any atom is 0.271 e. The molecule has 3 aromatic carbocycles. The number of hydrogen-bond acceptors (Lipinski definition) is 4. The minimum atomic E-state index is -0.158. The van der Waals surface area contributed by atoms with Gasteiger partial charge in [-0.1, -0.05) is 55.0 Å². The number of para-hydroxylation sites is 2. The number of amides is 1. The summed E-state index contributed by atoms with van der Waals surface area (Å²) in [6.07, 6.45) is 5.74. The van der Waals surface area contributed by atoms with Crippen LogP contribution < -0.4 is 10.6 Å². The predicted octanol–water partition coefficient (Wildman–Crippen LogP) is 4.82. The molecule has 0 saturated carbocycles. The molecule has 0 fully saturated rings. The van der Waals surface area contributed by atoms with E-state index in [1.54, 1.807) is 6.20 Å². The summed E-state index contributed by atoms with van der Waals surface area (Å²) in [5.41, 5.74) is 4.82. The van der Waals surface area contributed by atoms with E-state index in [0.717, 1.165) is 43.3 Å². The van der Waals surface area contributed by atoms with Crippen LogP contribution in [-0.4, -0.2) is 28.5 Å². The van der Waals surface area contributed by atoms with Gasteiger partial charge in [0, 0.05) is 19.1 Å². The Hall–Kier alpha value is -3.02. The van der Waals surface area contributed by atoms with Crippen molar-refractivity contribution in [3.63, 3.8) is 0 Å². The average Bonchev–Trinajstić information content (AvgIpc) is 2.83. The molecule has 1 aliphatic rings. The number of halogens is 1. The lowest BCUT2D eigenvalue weighted by Gasteiger charge is -2.27. The molecule has 164 valence electrons. The van der Waals surface area contributed by atoms with Crippen LogP contribution in [0.1, 0.15) is 40.9 Å². The molecule has 5 rings (SSSR count). The molecule has 0 radical (unpaired) electrons. The van der Waals surface area contributed by atoms with Crippen molar-refractivity contribution in [2.45, 2.75) is 38.3 Å². The zero-order chi connectivity index (χ0) is 21.0. The van der Waals surface area contributed by atoms with E-state index in [9.17, 15) is 4.79 Å². The van der Waals surface area contributed by atoms with Crippen LogP contribution in [0.5, 0.6) is 0 Å². The number of rotatable bonds is 6. The Morgan fingerprint density at radius 2 is 1.81 bits per heavy atom. The Bertz CT molecular complexity index is 1240. The molecule has 1 aliphatic heterocycles. The van der Waals surface area contributed by atoms with Crippen LogP contribution in [0.3, 0.4) is 0 Å². The molecule has 2 heterocycles. The van der Waals surface area contributed by atoms with Gasteiger partial charge in [-0.2, -0.15) is 0 Å². The summed E-state index contributed by atoms with van der Waals surface area (Å²) >= 11 is 0. The van der Waals surface area contributed by atoms with E-state index in [1.807, 2.05) is 24.3 Å². The van der Waals surface area contributed by atoms with E-state index in [0.29, 0.717) is 18.3 Å². The van der Waals surface area contributed by atoms with Gasteiger partial charge in [-0.05, 0) is 53.3 Å². The van der Waals surface area contributed by atoms with E-state index < -0.39 is 0 Å². The van der Waals surface area contributed by atoms with Crippen LogP contribution in [0.4, 0.5) is 0 Å². The van der Waals surface area contributed by atoms with E-state index in [-0.39, 0.29) is 18.3 Å². The Balaban J connectivity index is 0.00000245. The predicted molar refractivity (Wildman–Crippen MR) is 131 cm³/mol. The molecule has 1 atom stereocenters. The van der Waals surface area contributed by atoms with Crippen molar-refractivity contribution >= 4 is 40.1 Å². The molecule has 6 heteroatoms. The van der Waals surface area contributed by atoms with E-state index >= 15 is 0 Å². The Morgan fingerprint density at radius 3 is 2.72 bits per heavy atom. The first-order valence-corrected chi connectivity index (χ1v) is 11.0. The van der Waals surface area contributed by atoms with Crippen LogP contribution in [-0.2, 0) is 13.0 Å². The number of nitrogens with one attached hydrogen (secondary N) is 2. The highest BCUT2D eigenvalue weighted by Gasteiger charge is 2.19. The van der Waals surface area contributed by atoms with Crippen molar-refractivity contribution in [3.8, 4) is 0 Å². The molecule has 1 aromatic heterocycles. The standard InChI is InChI=1S/C26H26N4O.ClH/c31-26(25-17-29-23-10-3-4-11-24(23)30-25)27-14-6-5-8-20-15-22-19(16-28-20)13-12-18-7-1-2-9-21(18)22;/h1-4,7,9-13,17,20,28H,5-6,8,14-16H2,(H,27,31);1H. The van der Waals surface area contributed by atoms with Gasteiger partial charge in [0.1, 0.15) is 5.69 Å². The molecule has 0 bridgehead atoms. The summed E-state index contributed by atoms with van der Waals surface area (Å²) < 4.78 is 0. The van der Waals surface area contributed by atoms with Crippen LogP contribution in [0.15, 0.2) is 66.9 Å². The third kappa shape index (κ3) is 4.74. The molecule has 4 aromatic rings. The second-order valence-corrected chi connectivity index (χ2v) is 8.20. The topological polar surface area (TPSA) is 66.9 Å². The van der Waals surface area contributed by atoms with Crippen molar-refractivity contribution in [2.75, 3.05) is 6.54 Å². The van der Waals surface area contributed by atoms with Gasteiger partial charge in [0.05, 0.1) is 17.2 Å². The molecule has 0 spiro atoms. The molecule has 1 amide bonds. The highest BCUT2D eigenvalue weighted by atomic mass is 35.5. The molecule has 0 aliphatic carbocycles. The minimum absolute atomic E-state index is 0. The van der Waals surface area contributed by atoms with Crippen molar-refractivity contribution < 1.29 is 4.79 Å². The van der Waals surface area contributed by atoms with Crippen molar-refractivity contribution in [2.24, 2.45) is 0 Å². The summed E-state index contributed by atoms with van der Waals surface area (Å²) in [6.45, 7) is 1.59. The molecule has 1 unspecified atom stereocenters. The zero-order valence-corrected chi connectivity index (χ0v) is 18.7. The van der Waals surface area contributed by atoms with Gasteiger partial charge >= 0.3 is 0 Å². The summed E-state index contributed by atoms with van der Waals surface area (Å²) in [7, 11) is 0. The fourth-order valence-electron chi connectivity index (χ4n) is 4.44. The fraction of sp³-hybridized carbons (Fsp3) is 0.269. The van der Waals surface area contributed by atoms with Crippen LogP contribution >= 0.6 is 12.4 Å². The largest absolute Gasteiger partial charge is 0.351 e. The van der Waals surface area contributed by atoms with Crippen LogP contribution in [0.25, 0.3) is 21.8 Å². The Morgan fingerprint density at radius 1 is 1.00 bits per heavy atom.